The van der Waals surface area contributed by atoms with E-state index in [1.807, 2.05) is 14.1 Å². The fourth-order valence-corrected chi connectivity index (χ4v) is 3.83. The van der Waals surface area contributed by atoms with Crippen LogP contribution in [-0.2, 0) is 9.84 Å². The van der Waals surface area contributed by atoms with Crippen molar-refractivity contribution in [3.05, 3.63) is 6.20 Å². The quantitative estimate of drug-likeness (QED) is 0.669. The highest BCUT2D eigenvalue weighted by molar-refractivity contribution is 7.91. The molecule has 118 valence electrons. The lowest BCUT2D eigenvalue weighted by Gasteiger charge is -2.12. The number of nitrogens with one attached hydrogen (secondary N) is 2. The van der Waals surface area contributed by atoms with Crippen molar-refractivity contribution in [3.63, 3.8) is 0 Å². The van der Waals surface area contributed by atoms with Crippen LogP contribution in [0.5, 0.6) is 0 Å². The van der Waals surface area contributed by atoms with E-state index >= 15 is 0 Å². The van der Waals surface area contributed by atoms with Gasteiger partial charge in [0.05, 0.1) is 17.7 Å². The van der Waals surface area contributed by atoms with Gasteiger partial charge in [0.15, 0.2) is 15.7 Å². The highest BCUT2D eigenvalue weighted by Crippen LogP contribution is 2.15. The third kappa shape index (κ3) is 5.43. The summed E-state index contributed by atoms with van der Waals surface area (Å²) in [7, 11) is 1.15. The minimum atomic E-state index is -2.91. The first-order chi connectivity index (χ1) is 9.94. The van der Waals surface area contributed by atoms with E-state index in [1.165, 1.54) is 0 Å². The Morgan fingerprint density at radius 1 is 1.43 bits per heavy atom. The largest absolute Gasteiger partial charge is 0.369 e. The standard InChI is InChI=1S/C12H22N6O2S/c1-18(2)6-3-5-13-11-8-14-17-12(16-11)15-10-4-7-21(19,20)9-10/h8,10H,3-7,9H2,1-2H3,(H2,13,15,16,17). The van der Waals surface area contributed by atoms with E-state index in [1.54, 1.807) is 6.20 Å². The van der Waals surface area contributed by atoms with Gasteiger partial charge in [-0.05, 0) is 33.5 Å². The van der Waals surface area contributed by atoms with Gasteiger partial charge in [0, 0.05) is 12.6 Å². The molecule has 0 saturated carbocycles. The first-order valence-electron chi connectivity index (χ1n) is 7.00. The Hall–Kier alpha value is -1.48. The van der Waals surface area contributed by atoms with Crippen LogP contribution in [0.4, 0.5) is 11.8 Å². The Bertz CT molecular complexity index is 563. The maximum Gasteiger partial charge on any atom is 0.244 e. The van der Waals surface area contributed by atoms with Gasteiger partial charge in [-0.25, -0.2) is 8.42 Å². The Morgan fingerprint density at radius 2 is 2.24 bits per heavy atom. The molecular formula is C12H22N6O2S. The molecule has 21 heavy (non-hydrogen) atoms. The number of hydrogen-bond acceptors (Lipinski definition) is 8. The normalized spacial score (nSPS) is 20.6. The number of hydrogen-bond donors (Lipinski definition) is 2. The van der Waals surface area contributed by atoms with Crippen LogP contribution in [0.1, 0.15) is 12.8 Å². The second-order valence-corrected chi connectivity index (χ2v) is 7.72. The zero-order chi connectivity index (χ0) is 15.3. The van der Waals surface area contributed by atoms with E-state index in [9.17, 15) is 8.42 Å². The summed E-state index contributed by atoms with van der Waals surface area (Å²) >= 11 is 0. The van der Waals surface area contributed by atoms with Gasteiger partial charge in [-0.1, -0.05) is 0 Å². The summed E-state index contributed by atoms with van der Waals surface area (Å²) in [4.78, 5) is 6.41. The minimum absolute atomic E-state index is 0.124. The molecule has 0 aromatic carbocycles. The van der Waals surface area contributed by atoms with E-state index in [2.05, 4.69) is 30.7 Å². The lowest BCUT2D eigenvalue weighted by atomic mass is 10.3. The van der Waals surface area contributed by atoms with Crippen molar-refractivity contribution in [2.24, 2.45) is 0 Å². The van der Waals surface area contributed by atoms with E-state index in [0.29, 0.717) is 18.2 Å². The van der Waals surface area contributed by atoms with Crippen molar-refractivity contribution >= 4 is 21.6 Å². The monoisotopic (exact) mass is 314 g/mol. The van der Waals surface area contributed by atoms with Crippen molar-refractivity contribution in [3.8, 4) is 0 Å². The van der Waals surface area contributed by atoms with Crippen LogP contribution >= 0.6 is 0 Å². The Morgan fingerprint density at radius 3 is 2.90 bits per heavy atom. The van der Waals surface area contributed by atoms with Crippen LogP contribution in [0.25, 0.3) is 0 Å². The lowest BCUT2D eigenvalue weighted by Crippen LogP contribution is -2.22. The number of nitrogens with zero attached hydrogens (tertiary/aromatic N) is 4. The predicted octanol–water partition coefficient (Wildman–Crippen LogP) is -0.166. The summed E-state index contributed by atoms with van der Waals surface area (Å²) in [6, 6.07) is -0.124. The molecule has 2 rings (SSSR count). The molecule has 0 amide bonds. The smallest absolute Gasteiger partial charge is 0.244 e. The fourth-order valence-electron chi connectivity index (χ4n) is 2.15. The van der Waals surface area contributed by atoms with Crippen LogP contribution in [0, 0.1) is 0 Å². The molecule has 1 aliphatic rings. The maximum atomic E-state index is 11.4. The average molecular weight is 314 g/mol. The highest BCUT2D eigenvalue weighted by Gasteiger charge is 2.28. The predicted molar refractivity (Wildman–Crippen MR) is 82.2 cm³/mol. The minimum Gasteiger partial charge on any atom is -0.369 e. The van der Waals surface area contributed by atoms with Gasteiger partial charge in [-0.15, -0.1) is 5.10 Å². The molecule has 0 radical (unpaired) electrons. The fraction of sp³-hybridized carbons (Fsp3) is 0.750. The molecular weight excluding hydrogens is 292 g/mol. The number of anilines is 2. The first kappa shape index (κ1) is 15.9. The van der Waals surface area contributed by atoms with Crippen LogP contribution in [-0.4, -0.2) is 73.2 Å². The molecule has 0 aliphatic carbocycles. The molecule has 0 bridgehead atoms. The van der Waals surface area contributed by atoms with Crippen molar-refractivity contribution in [2.75, 3.05) is 49.3 Å². The third-order valence-corrected chi connectivity index (χ3v) is 4.98. The number of rotatable bonds is 7. The van der Waals surface area contributed by atoms with Gasteiger partial charge in [0.1, 0.15) is 0 Å². The summed E-state index contributed by atoms with van der Waals surface area (Å²) in [6.45, 7) is 1.80. The van der Waals surface area contributed by atoms with Gasteiger partial charge < -0.3 is 15.5 Å². The van der Waals surface area contributed by atoms with Crippen molar-refractivity contribution < 1.29 is 8.42 Å². The molecule has 1 aliphatic heterocycles. The zero-order valence-corrected chi connectivity index (χ0v) is 13.2. The second-order valence-electron chi connectivity index (χ2n) is 5.49. The van der Waals surface area contributed by atoms with Gasteiger partial charge >= 0.3 is 0 Å². The molecule has 1 aromatic heterocycles. The van der Waals surface area contributed by atoms with Crippen molar-refractivity contribution in [1.82, 2.24) is 20.1 Å². The van der Waals surface area contributed by atoms with E-state index in [0.717, 1.165) is 19.5 Å². The number of sulfone groups is 1. The SMILES string of the molecule is CN(C)CCCNc1cnnc(NC2CCS(=O)(=O)C2)n1. The first-order valence-corrected chi connectivity index (χ1v) is 8.82. The van der Waals surface area contributed by atoms with Crippen molar-refractivity contribution in [2.45, 2.75) is 18.9 Å². The van der Waals surface area contributed by atoms with E-state index in [-0.39, 0.29) is 17.5 Å². The molecule has 1 unspecified atom stereocenters. The van der Waals surface area contributed by atoms with Gasteiger partial charge in [0.2, 0.25) is 5.95 Å². The van der Waals surface area contributed by atoms with Crippen LogP contribution < -0.4 is 10.6 Å². The summed E-state index contributed by atoms with van der Waals surface area (Å²) in [5.41, 5.74) is 0. The third-order valence-electron chi connectivity index (χ3n) is 3.21. The van der Waals surface area contributed by atoms with Gasteiger partial charge in [-0.3, -0.25) is 0 Å². The van der Waals surface area contributed by atoms with Gasteiger partial charge in [0.25, 0.3) is 0 Å². The summed E-state index contributed by atoms with van der Waals surface area (Å²) in [5.74, 6) is 1.37. The topological polar surface area (TPSA) is 100 Å². The lowest BCUT2D eigenvalue weighted by molar-refractivity contribution is 0.405. The molecule has 1 fully saturated rings. The molecule has 2 N–H and O–H groups in total. The maximum absolute atomic E-state index is 11.4. The molecule has 1 atom stereocenters. The second kappa shape index (κ2) is 6.99. The van der Waals surface area contributed by atoms with Crippen LogP contribution in [0.15, 0.2) is 6.20 Å². The Labute approximate surface area is 125 Å². The molecule has 2 heterocycles. The summed E-state index contributed by atoms with van der Waals surface area (Å²) in [6.07, 6.45) is 3.15. The summed E-state index contributed by atoms with van der Waals surface area (Å²) in [5, 5.41) is 14.0. The molecule has 8 nitrogen and oxygen atoms in total. The van der Waals surface area contributed by atoms with Crippen LogP contribution in [0.2, 0.25) is 0 Å². The van der Waals surface area contributed by atoms with Gasteiger partial charge in [-0.2, -0.15) is 10.1 Å². The Kier molecular flexibility index (Phi) is 5.29. The Balaban J connectivity index is 1.83. The zero-order valence-electron chi connectivity index (χ0n) is 12.4. The van der Waals surface area contributed by atoms with E-state index in [4.69, 9.17) is 0 Å². The summed E-state index contributed by atoms with van der Waals surface area (Å²) < 4.78 is 22.8. The molecule has 0 spiro atoms. The van der Waals surface area contributed by atoms with E-state index < -0.39 is 9.84 Å². The molecule has 9 heteroatoms. The highest BCUT2D eigenvalue weighted by atomic mass is 32.2. The van der Waals surface area contributed by atoms with Crippen molar-refractivity contribution in [1.29, 1.82) is 0 Å². The molecule has 1 saturated heterocycles. The molecule has 1 aromatic rings. The number of aromatic nitrogens is 3. The van der Waals surface area contributed by atoms with Crippen LogP contribution in [0.3, 0.4) is 0 Å². The average Bonchev–Trinajstić information content (AvgIpc) is 2.74.